The number of rotatable bonds is 5. The Hall–Kier alpha value is -2.89. The molecule has 3 aromatic rings. The normalized spacial score (nSPS) is 12.2. The molecule has 6 heteroatoms. The molecule has 3 rings (SSSR count). The molecule has 1 aromatic carbocycles. The molecule has 0 aliphatic heterocycles. The molecule has 0 spiro atoms. The molecule has 1 atom stereocenters. The summed E-state index contributed by atoms with van der Waals surface area (Å²) in [6.07, 6.45) is 4.17. The number of H-pyrrole nitrogens is 1. The molecule has 2 N–H and O–H groups in total. The number of amides is 2. The molecule has 0 saturated heterocycles. The van der Waals surface area contributed by atoms with Crippen LogP contribution >= 0.6 is 0 Å². The van der Waals surface area contributed by atoms with E-state index in [2.05, 4.69) is 46.2 Å². The van der Waals surface area contributed by atoms with Crippen molar-refractivity contribution in [2.75, 3.05) is 13.6 Å². The van der Waals surface area contributed by atoms with E-state index in [0.29, 0.717) is 13.0 Å². The fourth-order valence-electron chi connectivity index (χ4n) is 2.92. The molecule has 0 saturated carbocycles. The highest BCUT2D eigenvalue weighted by molar-refractivity contribution is 5.80. The van der Waals surface area contributed by atoms with Crippen molar-refractivity contribution in [3.8, 4) is 0 Å². The molecule has 1 unspecified atom stereocenters. The van der Waals surface area contributed by atoms with Crippen LogP contribution in [0.3, 0.4) is 0 Å². The number of carbonyl (C=O) groups is 1. The second kappa shape index (κ2) is 7.56. The topological polar surface area (TPSA) is 73.9 Å². The van der Waals surface area contributed by atoms with Crippen molar-refractivity contribution in [3.63, 3.8) is 0 Å². The third-order valence-electron chi connectivity index (χ3n) is 4.93. The standard InChI is InChI=1S/C20H25N5O/c1-13-7-8-17-19(14(13)2)24-18(23-17)9-11-22-20(26)25(4)15(3)16-6-5-10-21-12-16/h5-8,10,12,15H,9,11H2,1-4H3,(H,22,26)(H,23,24). The molecule has 0 fully saturated rings. The van der Waals surface area contributed by atoms with Crippen molar-refractivity contribution in [3.05, 3.63) is 59.2 Å². The maximum absolute atomic E-state index is 12.4. The Morgan fingerprint density at radius 3 is 2.85 bits per heavy atom. The quantitative estimate of drug-likeness (QED) is 0.738. The summed E-state index contributed by atoms with van der Waals surface area (Å²) in [6.45, 7) is 6.68. The average Bonchev–Trinajstić information content (AvgIpc) is 3.08. The highest BCUT2D eigenvalue weighted by atomic mass is 16.2. The lowest BCUT2D eigenvalue weighted by Gasteiger charge is -2.25. The summed E-state index contributed by atoms with van der Waals surface area (Å²) in [5.74, 6) is 0.886. The summed E-state index contributed by atoms with van der Waals surface area (Å²) in [5.41, 5.74) is 5.48. The van der Waals surface area contributed by atoms with Gasteiger partial charge >= 0.3 is 6.03 Å². The van der Waals surface area contributed by atoms with Crippen LogP contribution in [-0.4, -0.2) is 39.5 Å². The van der Waals surface area contributed by atoms with Crippen LogP contribution in [0.2, 0.25) is 0 Å². The lowest BCUT2D eigenvalue weighted by Crippen LogP contribution is -2.39. The number of nitrogens with one attached hydrogen (secondary N) is 2. The van der Waals surface area contributed by atoms with Crippen LogP contribution in [-0.2, 0) is 6.42 Å². The molecule has 0 aliphatic carbocycles. The molecule has 0 bridgehead atoms. The Bertz CT molecular complexity index is 903. The number of fused-ring (bicyclic) bond motifs is 1. The van der Waals surface area contributed by atoms with Crippen LogP contribution in [0.15, 0.2) is 36.7 Å². The predicted octanol–water partition coefficient (Wildman–Crippen LogP) is 3.52. The van der Waals surface area contributed by atoms with E-state index >= 15 is 0 Å². The van der Waals surface area contributed by atoms with E-state index in [9.17, 15) is 4.79 Å². The van der Waals surface area contributed by atoms with Gasteiger partial charge < -0.3 is 15.2 Å². The SMILES string of the molecule is Cc1ccc2[nH]c(CCNC(=O)N(C)C(C)c3cccnc3)nc2c1C. The van der Waals surface area contributed by atoms with Gasteiger partial charge in [-0.05, 0) is 49.6 Å². The van der Waals surface area contributed by atoms with Crippen molar-refractivity contribution >= 4 is 17.1 Å². The molecule has 6 nitrogen and oxygen atoms in total. The summed E-state index contributed by atoms with van der Waals surface area (Å²) in [7, 11) is 1.79. The lowest BCUT2D eigenvalue weighted by atomic mass is 10.1. The highest BCUT2D eigenvalue weighted by Gasteiger charge is 2.17. The zero-order valence-corrected chi connectivity index (χ0v) is 15.7. The summed E-state index contributed by atoms with van der Waals surface area (Å²) < 4.78 is 0. The second-order valence-corrected chi connectivity index (χ2v) is 6.64. The largest absolute Gasteiger partial charge is 0.342 e. The average molecular weight is 351 g/mol. The van der Waals surface area contributed by atoms with Gasteiger partial charge in [0, 0.05) is 32.4 Å². The number of imidazole rings is 1. The fraction of sp³-hybridized carbons (Fsp3) is 0.350. The van der Waals surface area contributed by atoms with Crippen molar-refractivity contribution in [2.24, 2.45) is 0 Å². The molecular formula is C20H25N5O. The number of aromatic amines is 1. The zero-order valence-electron chi connectivity index (χ0n) is 15.7. The van der Waals surface area contributed by atoms with Gasteiger partial charge in [0.05, 0.1) is 17.1 Å². The van der Waals surface area contributed by atoms with Crippen LogP contribution < -0.4 is 5.32 Å². The van der Waals surface area contributed by atoms with Gasteiger partial charge in [0.15, 0.2) is 0 Å². The molecular weight excluding hydrogens is 326 g/mol. The Balaban J connectivity index is 1.57. The van der Waals surface area contributed by atoms with Crippen LogP contribution in [0, 0.1) is 13.8 Å². The van der Waals surface area contributed by atoms with E-state index in [1.165, 1.54) is 11.1 Å². The monoisotopic (exact) mass is 351 g/mol. The number of aryl methyl sites for hydroxylation is 2. The van der Waals surface area contributed by atoms with Gasteiger partial charge in [0.1, 0.15) is 5.82 Å². The Kier molecular flexibility index (Phi) is 5.21. The molecule has 0 radical (unpaired) electrons. The molecule has 2 heterocycles. The molecule has 26 heavy (non-hydrogen) atoms. The summed E-state index contributed by atoms with van der Waals surface area (Å²) >= 11 is 0. The first-order valence-corrected chi connectivity index (χ1v) is 8.82. The van der Waals surface area contributed by atoms with Crippen LogP contribution in [0.1, 0.15) is 35.5 Å². The number of urea groups is 1. The first-order valence-electron chi connectivity index (χ1n) is 8.82. The van der Waals surface area contributed by atoms with E-state index in [4.69, 9.17) is 0 Å². The van der Waals surface area contributed by atoms with E-state index < -0.39 is 0 Å². The Morgan fingerprint density at radius 1 is 1.31 bits per heavy atom. The number of hydrogen-bond acceptors (Lipinski definition) is 3. The van der Waals surface area contributed by atoms with Crippen molar-refractivity contribution in [2.45, 2.75) is 33.2 Å². The maximum atomic E-state index is 12.4. The number of nitrogens with zero attached hydrogens (tertiary/aromatic N) is 3. The van der Waals surface area contributed by atoms with Crippen molar-refractivity contribution in [1.29, 1.82) is 0 Å². The van der Waals surface area contributed by atoms with Gasteiger partial charge in [-0.3, -0.25) is 4.98 Å². The minimum atomic E-state index is -0.107. The molecule has 0 aliphatic rings. The third-order valence-corrected chi connectivity index (χ3v) is 4.93. The number of aromatic nitrogens is 3. The van der Waals surface area contributed by atoms with Crippen LogP contribution in [0.5, 0.6) is 0 Å². The lowest BCUT2D eigenvalue weighted by molar-refractivity contribution is 0.194. The minimum absolute atomic E-state index is 0.0412. The van der Waals surface area contributed by atoms with Gasteiger partial charge in [0.2, 0.25) is 0 Å². The first kappa shape index (κ1) is 17.9. The van der Waals surface area contributed by atoms with Crippen LogP contribution in [0.4, 0.5) is 4.79 Å². The Morgan fingerprint density at radius 2 is 2.12 bits per heavy atom. The minimum Gasteiger partial charge on any atom is -0.342 e. The van der Waals surface area contributed by atoms with E-state index in [1.807, 2.05) is 19.1 Å². The third kappa shape index (κ3) is 3.69. The molecule has 2 aromatic heterocycles. The van der Waals surface area contributed by atoms with Gasteiger partial charge in [-0.15, -0.1) is 0 Å². The summed E-state index contributed by atoms with van der Waals surface area (Å²) in [6, 6.07) is 7.85. The van der Waals surface area contributed by atoms with E-state index in [0.717, 1.165) is 22.4 Å². The van der Waals surface area contributed by atoms with E-state index in [-0.39, 0.29) is 12.1 Å². The maximum Gasteiger partial charge on any atom is 0.317 e. The summed E-state index contributed by atoms with van der Waals surface area (Å²) in [5, 5.41) is 2.96. The number of carbonyl (C=O) groups excluding carboxylic acids is 1. The van der Waals surface area contributed by atoms with Gasteiger partial charge in [-0.2, -0.15) is 0 Å². The predicted molar refractivity (Wildman–Crippen MR) is 103 cm³/mol. The summed E-state index contributed by atoms with van der Waals surface area (Å²) in [4.78, 5) is 26.2. The van der Waals surface area contributed by atoms with Crippen molar-refractivity contribution in [1.82, 2.24) is 25.2 Å². The zero-order chi connectivity index (χ0) is 18.7. The van der Waals surface area contributed by atoms with Gasteiger partial charge in [-0.1, -0.05) is 12.1 Å². The Labute approximate surface area is 153 Å². The number of benzene rings is 1. The van der Waals surface area contributed by atoms with Gasteiger partial charge in [0.25, 0.3) is 0 Å². The van der Waals surface area contributed by atoms with Crippen molar-refractivity contribution < 1.29 is 4.79 Å². The number of hydrogen-bond donors (Lipinski definition) is 2. The molecule has 2 amide bonds. The van der Waals surface area contributed by atoms with Gasteiger partial charge in [-0.25, -0.2) is 9.78 Å². The smallest absolute Gasteiger partial charge is 0.317 e. The first-order chi connectivity index (χ1) is 12.5. The fourth-order valence-corrected chi connectivity index (χ4v) is 2.92. The second-order valence-electron chi connectivity index (χ2n) is 6.64. The van der Waals surface area contributed by atoms with Crippen LogP contribution in [0.25, 0.3) is 11.0 Å². The van der Waals surface area contributed by atoms with E-state index in [1.54, 1.807) is 24.3 Å². The number of pyridine rings is 1. The molecule has 136 valence electrons. The highest BCUT2D eigenvalue weighted by Crippen LogP contribution is 2.19.